The summed E-state index contributed by atoms with van der Waals surface area (Å²) in [5, 5.41) is 7.99. The van der Waals surface area contributed by atoms with E-state index < -0.39 is 0 Å². The number of halogens is 2. The number of nitrogens with one attached hydrogen (secondary N) is 1. The van der Waals surface area contributed by atoms with Crippen molar-refractivity contribution >= 4 is 11.6 Å². The van der Waals surface area contributed by atoms with Crippen LogP contribution in [0.15, 0.2) is 18.2 Å². The standard InChI is InChI=1S/C16H21ClFN3/c1-4-14-12(9-19-3)15(5-2)21(20-14)10-11-7-6-8-13(17)16(11)18/h6-8,19H,4-5,9-10H2,1-3H3. The van der Waals surface area contributed by atoms with Crippen molar-refractivity contribution in [2.24, 2.45) is 0 Å². The van der Waals surface area contributed by atoms with E-state index in [0.717, 1.165) is 30.8 Å². The number of hydrogen-bond acceptors (Lipinski definition) is 2. The fourth-order valence-electron chi connectivity index (χ4n) is 2.61. The fraction of sp³-hybridized carbons (Fsp3) is 0.438. The Morgan fingerprint density at radius 3 is 2.67 bits per heavy atom. The van der Waals surface area contributed by atoms with Crippen molar-refractivity contribution in [3.8, 4) is 0 Å². The summed E-state index contributed by atoms with van der Waals surface area (Å²) in [7, 11) is 1.92. The van der Waals surface area contributed by atoms with E-state index in [-0.39, 0.29) is 10.8 Å². The van der Waals surface area contributed by atoms with Gasteiger partial charge in [-0.05, 0) is 26.0 Å². The normalized spacial score (nSPS) is 11.1. The molecule has 0 atom stereocenters. The van der Waals surface area contributed by atoms with Gasteiger partial charge in [0.05, 0.1) is 17.3 Å². The maximum absolute atomic E-state index is 14.1. The summed E-state index contributed by atoms with van der Waals surface area (Å²) < 4.78 is 16.0. The van der Waals surface area contributed by atoms with Crippen LogP contribution < -0.4 is 5.32 Å². The number of hydrogen-bond donors (Lipinski definition) is 1. The first-order valence-electron chi connectivity index (χ1n) is 7.27. The number of aromatic nitrogens is 2. The Labute approximate surface area is 130 Å². The Morgan fingerprint density at radius 1 is 1.29 bits per heavy atom. The molecule has 0 amide bonds. The first-order valence-corrected chi connectivity index (χ1v) is 7.65. The molecule has 0 aliphatic rings. The van der Waals surface area contributed by atoms with E-state index in [1.807, 2.05) is 11.7 Å². The van der Waals surface area contributed by atoms with Crippen molar-refractivity contribution in [3.05, 3.63) is 51.6 Å². The summed E-state index contributed by atoms with van der Waals surface area (Å²) in [6.45, 7) is 5.38. The summed E-state index contributed by atoms with van der Waals surface area (Å²) in [6.07, 6.45) is 1.74. The van der Waals surface area contributed by atoms with E-state index in [9.17, 15) is 4.39 Å². The van der Waals surface area contributed by atoms with Crippen LogP contribution in [-0.4, -0.2) is 16.8 Å². The average molecular weight is 310 g/mol. The van der Waals surface area contributed by atoms with E-state index in [1.54, 1.807) is 18.2 Å². The van der Waals surface area contributed by atoms with Gasteiger partial charge in [0.1, 0.15) is 5.82 Å². The Morgan fingerprint density at radius 2 is 2.05 bits per heavy atom. The van der Waals surface area contributed by atoms with Gasteiger partial charge in [-0.1, -0.05) is 37.6 Å². The third kappa shape index (κ3) is 3.27. The molecular formula is C16H21ClFN3. The second-order valence-electron chi connectivity index (χ2n) is 4.98. The van der Waals surface area contributed by atoms with E-state index in [1.165, 1.54) is 5.56 Å². The minimum atomic E-state index is -0.357. The lowest BCUT2D eigenvalue weighted by Crippen LogP contribution is -2.11. The molecule has 1 heterocycles. The third-order valence-electron chi connectivity index (χ3n) is 3.62. The molecule has 0 saturated heterocycles. The first-order chi connectivity index (χ1) is 10.1. The molecule has 21 heavy (non-hydrogen) atoms. The molecule has 1 N–H and O–H groups in total. The predicted octanol–water partition coefficient (Wildman–Crippen LogP) is 3.57. The van der Waals surface area contributed by atoms with Crippen molar-refractivity contribution in [3.63, 3.8) is 0 Å². The maximum Gasteiger partial charge on any atom is 0.146 e. The molecule has 0 saturated carbocycles. The molecule has 5 heteroatoms. The number of rotatable bonds is 6. The van der Waals surface area contributed by atoms with Gasteiger partial charge in [-0.2, -0.15) is 5.10 Å². The van der Waals surface area contributed by atoms with E-state index in [4.69, 9.17) is 11.6 Å². The van der Waals surface area contributed by atoms with Gasteiger partial charge < -0.3 is 5.32 Å². The minimum absolute atomic E-state index is 0.156. The molecule has 114 valence electrons. The Balaban J connectivity index is 2.42. The predicted molar refractivity (Wildman–Crippen MR) is 84.3 cm³/mol. The van der Waals surface area contributed by atoms with Crippen LogP contribution in [0.4, 0.5) is 4.39 Å². The summed E-state index contributed by atoms with van der Waals surface area (Å²) in [5.41, 5.74) is 4.02. The smallest absolute Gasteiger partial charge is 0.146 e. The second-order valence-corrected chi connectivity index (χ2v) is 5.39. The molecule has 2 rings (SSSR count). The SMILES string of the molecule is CCc1nn(Cc2cccc(Cl)c2F)c(CC)c1CNC. The molecule has 0 fully saturated rings. The van der Waals surface area contributed by atoms with Crippen LogP contribution in [0.5, 0.6) is 0 Å². The highest BCUT2D eigenvalue weighted by Gasteiger charge is 2.16. The average Bonchev–Trinajstić information content (AvgIpc) is 2.81. The topological polar surface area (TPSA) is 29.9 Å². The Bertz CT molecular complexity index is 622. The van der Waals surface area contributed by atoms with Gasteiger partial charge >= 0.3 is 0 Å². The van der Waals surface area contributed by atoms with Crippen molar-refractivity contribution in [1.82, 2.24) is 15.1 Å². The zero-order valence-electron chi connectivity index (χ0n) is 12.7. The van der Waals surface area contributed by atoms with Crippen LogP contribution in [0.25, 0.3) is 0 Å². The lowest BCUT2D eigenvalue weighted by molar-refractivity contribution is 0.573. The Kier molecular flexibility index (Phi) is 5.37. The van der Waals surface area contributed by atoms with E-state index in [0.29, 0.717) is 12.1 Å². The third-order valence-corrected chi connectivity index (χ3v) is 3.92. The molecular weight excluding hydrogens is 289 g/mol. The zero-order chi connectivity index (χ0) is 15.4. The molecule has 0 spiro atoms. The van der Waals surface area contributed by atoms with Gasteiger partial charge in [-0.25, -0.2) is 4.39 Å². The van der Waals surface area contributed by atoms with Gasteiger partial charge in [0.15, 0.2) is 0 Å². The molecule has 1 aromatic heterocycles. The fourth-order valence-corrected chi connectivity index (χ4v) is 2.81. The maximum atomic E-state index is 14.1. The van der Waals surface area contributed by atoms with Gasteiger partial charge in [0.2, 0.25) is 0 Å². The number of aryl methyl sites for hydroxylation is 1. The van der Waals surface area contributed by atoms with Crippen LogP contribution in [0, 0.1) is 5.82 Å². The summed E-state index contributed by atoms with van der Waals surface area (Å²) in [5.74, 6) is -0.357. The van der Waals surface area contributed by atoms with Crippen molar-refractivity contribution in [1.29, 1.82) is 0 Å². The molecule has 1 aromatic carbocycles. The highest BCUT2D eigenvalue weighted by molar-refractivity contribution is 6.30. The first kappa shape index (κ1) is 16.0. The van der Waals surface area contributed by atoms with E-state index >= 15 is 0 Å². The van der Waals surface area contributed by atoms with Crippen molar-refractivity contribution in [2.45, 2.75) is 39.8 Å². The largest absolute Gasteiger partial charge is 0.316 e. The van der Waals surface area contributed by atoms with Crippen LogP contribution >= 0.6 is 11.6 Å². The van der Waals surface area contributed by atoms with Crippen molar-refractivity contribution in [2.75, 3.05) is 7.05 Å². The molecule has 0 aliphatic heterocycles. The van der Waals surface area contributed by atoms with Gasteiger partial charge in [-0.3, -0.25) is 4.68 Å². The number of benzene rings is 1. The molecule has 2 aromatic rings. The highest BCUT2D eigenvalue weighted by atomic mass is 35.5. The van der Waals surface area contributed by atoms with Crippen LogP contribution in [-0.2, 0) is 25.9 Å². The monoisotopic (exact) mass is 309 g/mol. The quantitative estimate of drug-likeness (QED) is 0.884. The molecule has 0 radical (unpaired) electrons. The lowest BCUT2D eigenvalue weighted by Gasteiger charge is -2.09. The molecule has 3 nitrogen and oxygen atoms in total. The van der Waals surface area contributed by atoms with Crippen LogP contribution in [0.1, 0.15) is 36.4 Å². The van der Waals surface area contributed by atoms with Gasteiger partial charge in [-0.15, -0.1) is 0 Å². The molecule has 0 unspecified atom stereocenters. The summed E-state index contributed by atoms with van der Waals surface area (Å²) in [6, 6.07) is 5.09. The van der Waals surface area contributed by atoms with E-state index in [2.05, 4.69) is 24.3 Å². The number of nitrogens with zero attached hydrogens (tertiary/aromatic N) is 2. The zero-order valence-corrected chi connectivity index (χ0v) is 13.5. The van der Waals surface area contributed by atoms with Crippen LogP contribution in [0.2, 0.25) is 5.02 Å². The Hall–Kier alpha value is -1.39. The second kappa shape index (κ2) is 7.05. The molecule has 0 bridgehead atoms. The van der Waals surface area contributed by atoms with Crippen LogP contribution in [0.3, 0.4) is 0 Å². The minimum Gasteiger partial charge on any atom is -0.316 e. The molecule has 0 aliphatic carbocycles. The summed E-state index contributed by atoms with van der Waals surface area (Å²) in [4.78, 5) is 0. The van der Waals surface area contributed by atoms with Gasteiger partial charge in [0, 0.05) is 23.4 Å². The highest BCUT2D eigenvalue weighted by Crippen LogP contribution is 2.21. The summed E-state index contributed by atoms with van der Waals surface area (Å²) >= 11 is 5.85. The van der Waals surface area contributed by atoms with Gasteiger partial charge in [0.25, 0.3) is 0 Å². The van der Waals surface area contributed by atoms with Crippen molar-refractivity contribution < 1.29 is 4.39 Å². The lowest BCUT2D eigenvalue weighted by atomic mass is 10.1.